The molecule has 0 N–H and O–H groups in total. The van der Waals surface area contributed by atoms with Crippen LogP contribution in [0.5, 0.6) is 0 Å². The average Bonchev–Trinajstić information content (AvgIpc) is 2.46. The second-order valence-electron chi connectivity index (χ2n) is 4.05. The average molecular weight is 210 g/mol. The van der Waals surface area contributed by atoms with Crippen LogP contribution in [0.25, 0.3) is 0 Å². The first-order valence-corrected chi connectivity index (χ1v) is 5.18. The molecule has 1 aliphatic carbocycles. The van der Waals surface area contributed by atoms with Crippen LogP contribution in [0.3, 0.4) is 0 Å². The summed E-state index contributed by atoms with van der Waals surface area (Å²) in [6, 6.07) is 0. The summed E-state index contributed by atoms with van der Waals surface area (Å²) >= 11 is 0. The highest BCUT2D eigenvalue weighted by Gasteiger charge is 2.36. The van der Waals surface area contributed by atoms with E-state index in [0.717, 1.165) is 11.3 Å². The van der Waals surface area contributed by atoms with Gasteiger partial charge in [0.25, 0.3) is 0 Å². The van der Waals surface area contributed by atoms with Crippen LogP contribution in [-0.4, -0.2) is 18.0 Å². The van der Waals surface area contributed by atoms with Gasteiger partial charge in [-0.2, -0.15) is 0 Å². The summed E-state index contributed by atoms with van der Waals surface area (Å²) in [5, 5.41) is 0. The second-order valence-corrected chi connectivity index (χ2v) is 4.05. The molecule has 0 aromatic rings. The van der Waals surface area contributed by atoms with E-state index < -0.39 is 6.29 Å². The predicted molar refractivity (Wildman–Crippen MR) is 51.7 cm³/mol. The zero-order valence-corrected chi connectivity index (χ0v) is 8.91. The number of rotatable bonds is 1. The number of carbonyl (C=O) groups excluding carboxylic acids is 2. The highest BCUT2D eigenvalue weighted by molar-refractivity contribution is 5.98. The van der Waals surface area contributed by atoms with Gasteiger partial charge in [0.05, 0.1) is 0 Å². The standard InChI is InChI=1S/C11H14O4/c1-6-5-10(14-7(2)12)15-9-4-3-8(13)11(6)9/h6,10H,3-5H2,1-2H3/t6-,10+/m1/s1. The number of Topliss-reactive ketones (excluding diaryl/α,β-unsaturated/α-hetero) is 1. The van der Waals surface area contributed by atoms with Crippen LogP contribution >= 0.6 is 0 Å². The molecular weight excluding hydrogens is 196 g/mol. The van der Waals surface area contributed by atoms with Gasteiger partial charge in [-0.15, -0.1) is 0 Å². The van der Waals surface area contributed by atoms with Gasteiger partial charge in [0, 0.05) is 31.8 Å². The van der Waals surface area contributed by atoms with Gasteiger partial charge < -0.3 is 9.47 Å². The molecule has 2 atom stereocenters. The van der Waals surface area contributed by atoms with Gasteiger partial charge in [-0.25, -0.2) is 0 Å². The fraction of sp³-hybridized carbons (Fsp3) is 0.636. The maximum Gasteiger partial charge on any atom is 0.305 e. The highest BCUT2D eigenvalue weighted by Crippen LogP contribution is 2.37. The second kappa shape index (κ2) is 3.68. The van der Waals surface area contributed by atoms with Crippen LogP contribution in [0.4, 0.5) is 0 Å². The molecular formula is C11H14O4. The summed E-state index contributed by atoms with van der Waals surface area (Å²) in [4.78, 5) is 22.3. The normalized spacial score (nSPS) is 29.9. The molecule has 0 bridgehead atoms. The molecule has 0 saturated carbocycles. The summed E-state index contributed by atoms with van der Waals surface area (Å²) in [5.74, 6) is 0.692. The molecule has 0 amide bonds. The third-order valence-corrected chi connectivity index (χ3v) is 2.79. The smallest absolute Gasteiger partial charge is 0.305 e. The molecule has 0 spiro atoms. The van der Waals surface area contributed by atoms with Crippen molar-refractivity contribution in [1.29, 1.82) is 0 Å². The van der Waals surface area contributed by atoms with E-state index in [4.69, 9.17) is 9.47 Å². The highest BCUT2D eigenvalue weighted by atomic mass is 16.7. The SMILES string of the molecule is CC(=O)O[C@@H]1C[C@@H](C)C2=C(CCC2=O)O1. The van der Waals surface area contributed by atoms with Crippen molar-refractivity contribution in [2.75, 3.05) is 0 Å². The first-order valence-electron chi connectivity index (χ1n) is 5.18. The monoisotopic (exact) mass is 210 g/mol. The molecule has 0 saturated heterocycles. The van der Waals surface area contributed by atoms with Crippen molar-refractivity contribution < 1.29 is 19.1 Å². The van der Waals surface area contributed by atoms with Gasteiger partial charge in [0.2, 0.25) is 6.29 Å². The van der Waals surface area contributed by atoms with Crippen LogP contribution in [-0.2, 0) is 19.1 Å². The number of hydrogen-bond acceptors (Lipinski definition) is 4. The first-order chi connectivity index (χ1) is 7.08. The molecule has 0 fully saturated rings. The minimum atomic E-state index is -0.512. The van der Waals surface area contributed by atoms with E-state index in [1.807, 2.05) is 6.92 Å². The van der Waals surface area contributed by atoms with Crippen molar-refractivity contribution >= 4 is 11.8 Å². The quantitative estimate of drug-likeness (QED) is 0.616. The predicted octanol–water partition coefficient (Wildman–Crippen LogP) is 1.55. The van der Waals surface area contributed by atoms with Crippen LogP contribution < -0.4 is 0 Å². The fourth-order valence-electron chi connectivity index (χ4n) is 2.19. The van der Waals surface area contributed by atoms with Gasteiger partial charge in [-0.1, -0.05) is 6.92 Å². The van der Waals surface area contributed by atoms with Gasteiger partial charge in [0.15, 0.2) is 5.78 Å². The summed E-state index contributed by atoms with van der Waals surface area (Å²) in [7, 11) is 0. The Morgan fingerprint density at radius 1 is 1.47 bits per heavy atom. The molecule has 82 valence electrons. The van der Waals surface area contributed by atoms with Crippen LogP contribution in [0, 0.1) is 5.92 Å². The van der Waals surface area contributed by atoms with Crippen molar-refractivity contribution in [2.24, 2.45) is 5.92 Å². The Morgan fingerprint density at radius 2 is 2.20 bits per heavy atom. The number of esters is 1. The molecule has 0 unspecified atom stereocenters. The van der Waals surface area contributed by atoms with Crippen molar-refractivity contribution in [1.82, 2.24) is 0 Å². The summed E-state index contributed by atoms with van der Waals surface area (Å²) in [6.07, 6.45) is 1.24. The lowest BCUT2D eigenvalue weighted by Crippen LogP contribution is -2.28. The molecule has 0 radical (unpaired) electrons. The van der Waals surface area contributed by atoms with E-state index >= 15 is 0 Å². The largest absolute Gasteiger partial charge is 0.459 e. The lowest BCUT2D eigenvalue weighted by molar-refractivity contribution is -0.173. The number of ketones is 1. The molecule has 2 rings (SSSR count). The Bertz CT molecular complexity index is 342. The van der Waals surface area contributed by atoms with Crippen molar-refractivity contribution in [2.45, 2.75) is 39.4 Å². The molecule has 4 nitrogen and oxygen atoms in total. The first kappa shape index (κ1) is 10.2. The van der Waals surface area contributed by atoms with Gasteiger partial charge in [-0.05, 0) is 5.92 Å². The lowest BCUT2D eigenvalue weighted by atomic mass is 9.94. The lowest BCUT2D eigenvalue weighted by Gasteiger charge is -2.28. The number of carbonyl (C=O) groups is 2. The third-order valence-electron chi connectivity index (χ3n) is 2.79. The van der Waals surface area contributed by atoms with Crippen LogP contribution in [0.2, 0.25) is 0 Å². The van der Waals surface area contributed by atoms with E-state index in [2.05, 4.69) is 0 Å². The Hall–Kier alpha value is -1.32. The van der Waals surface area contributed by atoms with Crippen molar-refractivity contribution in [3.63, 3.8) is 0 Å². The molecule has 15 heavy (non-hydrogen) atoms. The number of ether oxygens (including phenoxy) is 2. The summed E-state index contributed by atoms with van der Waals surface area (Å²) < 4.78 is 10.5. The zero-order valence-electron chi connectivity index (χ0n) is 8.91. The maximum absolute atomic E-state index is 11.5. The summed E-state index contributed by atoms with van der Waals surface area (Å²) in [6.45, 7) is 3.33. The molecule has 0 aromatic carbocycles. The van der Waals surface area contributed by atoms with E-state index in [9.17, 15) is 9.59 Å². The van der Waals surface area contributed by atoms with Crippen LogP contribution in [0.1, 0.15) is 33.1 Å². The van der Waals surface area contributed by atoms with Crippen molar-refractivity contribution in [3.05, 3.63) is 11.3 Å². The van der Waals surface area contributed by atoms with Crippen LogP contribution in [0.15, 0.2) is 11.3 Å². The van der Waals surface area contributed by atoms with E-state index in [-0.39, 0.29) is 17.7 Å². The Kier molecular flexibility index (Phi) is 2.50. The minimum Gasteiger partial charge on any atom is -0.459 e. The Labute approximate surface area is 88.2 Å². The summed E-state index contributed by atoms with van der Waals surface area (Å²) in [5.41, 5.74) is 0.804. The molecule has 1 aliphatic heterocycles. The topological polar surface area (TPSA) is 52.6 Å². The van der Waals surface area contributed by atoms with Crippen molar-refractivity contribution in [3.8, 4) is 0 Å². The third kappa shape index (κ3) is 1.89. The van der Waals surface area contributed by atoms with Gasteiger partial charge in [0.1, 0.15) is 5.76 Å². The maximum atomic E-state index is 11.5. The molecule has 4 heteroatoms. The Morgan fingerprint density at radius 3 is 2.87 bits per heavy atom. The number of allylic oxidation sites excluding steroid dienone is 2. The zero-order chi connectivity index (χ0) is 11.0. The number of hydrogen-bond donors (Lipinski definition) is 0. The minimum absolute atomic E-state index is 0.132. The molecule has 2 aliphatic rings. The molecule has 1 heterocycles. The van der Waals surface area contributed by atoms with Gasteiger partial charge in [-0.3, -0.25) is 9.59 Å². The Balaban J connectivity index is 2.13. The van der Waals surface area contributed by atoms with E-state index in [0.29, 0.717) is 19.3 Å². The van der Waals surface area contributed by atoms with E-state index in [1.54, 1.807) is 0 Å². The van der Waals surface area contributed by atoms with Gasteiger partial charge >= 0.3 is 5.97 Å². The van der Waals surface area contributed by atoms with E-state index in [1.165, 1.54) is 6.92 Å². The molecule has 0 aromatic heterocycles. The fourth-order valence-corrected chi connectivity index (χ4v) is 2.19.